The highest BCUT2D eigenvalue weighted by Crippen LogP contribution is 2.21. The number of aliphatic hydroxyl groups excluding tert-OH is 1. The van der Waals surface area contributed by atoms with Crippen LogP contribution in [0.25, 0.3) is 0 Å². The van der Waals surface area contributed by atoms with Gasteiger partial charge >= 0.3 is 0 Å². The maximum atomic E-state index is 11.7. The van der Waals surface area contributed by atoms with Crippen molar-refractivity contribution in [3.05, 3.63) is 0 Å². The fourth-order valence-electron chi connectivity index (χ4n) is 2.29. The summed E-state index contributed by atoms with van der Waals surface area (Å²) in [5, 5.41) is 9.51. The molecule has 2 fully saturated rings. The summed E-state index contributed by atoms with van der Waals surface area (Å²) in [6.07, 6.45) is 1.60. The molecule has 2 aliphatic heterocycles. The third-order valence-electron chi connectivity index (χ3n) is 3.23. The molecule has 2 atom stereocenters. The normalized spacial score (nSPS) is 33.9. The minimum Gasteiger partial charge on any atom is -0.392 e. The Morgan fingerprint density at radius 1 is 1.40 bits per heavy atom. The van der Waals surface area contributed by atoms with Gasteiger partial charge in [-0.2, -0.15) is 0 Å². The molecule has 0 saturated carbocycles. The molecule has 0 aromatic rings. The monoisotopic (exact) mass is 212 g/mol. The zero-order valence-electron chi connectivity index (χ0n) is 8.85. The van der Waals surface area contributed by atoms with Crippen molar-refractivity contribution in [1.29, 1.82) is 0 Å². The quantitative estimate of drug-likeness (QED) is 0.578. The van der Waals surface area contributed by atoms with Crippen LogP contribution in [-0.2, 0) is 9.59 Å². The van der Waals surface area contributed by atoms with Crippen molar-refractivity contribution >= 4 is 11.8 Å². The van der Waals surface area contributed by atoms with E-state index in [0.29, 0.717) is 6.54 Å². The number of carbonyl (C=O) groups excluding carboxylic acids is 2. The first-order valence-corrected chi connectivity index (χ1v) is 5.32. The van der Waals surface area contributed by atoms with Gasteiger partial charge in [-0.25, -0.2) is 0 Å². The molecule has 15 heavy (non-hydrogen) atoms. The molecule has 0 bridgehead atoms. The number of nitrogens with zero attached hydrogens (tertiary/aromatic N) is 2. The van der Waals surface area contributed by atoms with Crippen molar-refractivity contribution in [2.75, 3.05) is 20.1 Å². The highest BCUT2D eigenvalue weighted by molar-refractivity contribution is 6.05. The van der Waals surface area contributed by atoms with Crippen molar-refractivity contribution < 1.29 is 14.7 Å². The Kier molecular flexibility index (Phi) is 2.75. The minimum atomic E-state index is -0.354. The molecule has 2 heterocycles. The van der Waals surface area contributed by atoms with Gasteiger partial charge in [-0.1, -0.05) is 0 Å². The summed E-state index contributed by atoms with van der Waals surface area (Å²) in [7, 11) is 1.52. The molecule has 2 unspecified atom stereocenters. The van der Waals surface area contributed by atoms with Gasteiger partial charge in [-0.15, -0.1) is 0 Å². The molecule has 2 rings (SSSR count). The Bertz CT molecular complexity index is 292. The van der Waals surface area contributed by atoms with Crippen LogP contribution in [-0.4, -0.2) is 59.0 Å². The summed E-state index contributed by atoms with van der Waals surface area (Å²) < 4.78 is 0. The van der Waals surface area contributed by atoms with Gasteiger partial charge in [0.15, 0.2) is 0 Å². The first-order chi connectivity index (χ1) is 7.09. The second kappa shape index (κ2) is 3.90. The van der Waals surface area contributed by atoms with Gasteiger partial charge in [-0.05, 0) is 19.4 Å². The van der Waals surface area contributed by atoms with Crippen LogP contribution in [0.15, 0.2) is 0 Å². The summed E-state index contributed by atoms with van der Waals surface area (Å²) >= 11 is 0. The lowest BCUT2D eigenvalue weighted by molar-refractivity contribution is -0.138. The van der Waals surface area contributed by atoms with E-state index in [0.717, 1.165) is 19.4 Å². The van der Waals surface area contributed by atoms with Gasteiger partial charge in [-0.3, -0.25) is 19.4 Å². The predicted octanol–water partition coefficient (Wildman–Crippen LogP) is -0.800. The molecule has 1 N–H and O–H groups in total. The Morgan fingerprint density at radius 3 is 2.67 bits per heavy atom. The molecule has 2 amide bonds. The number of carbonyl (C=O) groups is 2. The number of hydrogen-bond donors (Lipinski definition) is 1. The summed E-state index contributed by atoms with van der Waals surface area (Å²) in [5.41, 5.74) is 0. The Balaban J connectivity index is 2.05. The lowest BCUT2D eigenvalue weighted by Gasteiger charge is -2.33. The number of aliphatic hydroxyl groups is 1. The molecule has 5 heteroatoms. The standard InChI is InChI=1S/C10H16N2O3/c1-11-9(14)5-8(10(11)15)12-4-2-3-7(13)6-12/h7-8,13H,2-6H2,1H3. The summed E-state index contributed by atoms with van der Waals surface area (Å²) in [5.74, 6) is -0.251. The molecule has 0 aliphatic carbocycles. The number of amides is 2. The fourth-order valence-corrected chi connectivity index (χ4v) is 2.29. The Morgan fingerprint density at radius 2 is 2.13 bits per heavy atom. The number of rotatable bonds is 1. The number of likely N-dealkylation sites (tertiary alicyclic amines) is 2. The zero-order valence-corrected chi connectivity index (χ0v) is 8.85. The number of imide groups is 1. The van der Waals surface area contributed by atoms with Gasteiger partial charge in [0, 0.05) is 13.6 Å². The summed E-state index contributed by atoms with van der Waals surface area (Å²) in [4.78, 5) is 26.2. The van der Waals surface area contributed by atoms with E-state index in [4.69, 9.17) is 0 Å². The molecular formula is C10H16N2O3. The second-order valence-electron chi connectivity index (χ2n) is 4.30. The van der Waals surface area contributed by atoms with Crippen molar-refractivity contribution in [2.24, 2.45) is 0 Å². The number of likely N-dealkylation sites (N-methyl/N-ethyl adjacent to an activating group) is 1. The molecule has 2 aliphatic rings. The number of hydrogen-bond acceptors (Lipinski definition) is 4. The first kappa shape index (κ1) is 10.6. The molecule has 0 aromatic heterocycles. The topological polar surface area (TPSA) is 60.9 Å². The average molecular weight is 212 g/mol. The van der Waals surface area contributed by atoms with Crippen LogP contribution < -0.4 is 0 Å². The summed E-state index contributed by atoms with van der Waals surface area (Å²) in [6.45, 7) is 1.31. The van der Waals surface area contributed by atoms with E-state index in [1.165, 1.54) is 11.9 Å². The van der Waals surface area contributed by atoms with E-state index in [9.17, 15) is 14.7 Å². The lowest BCUT2D eigenvalue weighted by Crippen LogP contribution is -2.47. The third-order valence-corrected chi connectivity index (χ3v) is 3.23. The summed E-state index contributed by atoms with van der Waals surface area (Å²) in [6, 6.07) is -0.336. The van der Waals surface area contributed by atoms with Crippen LogP contribution in [0.4, 0.5) is 0 Å². The van der Waals surface area contributed by atoms with Crippen LogP contribution in [0.5, 0.6) is 0 Å². The van der Waals surface area contributed by atoms with Gasteiger partial charge < -0.3 is 5.11 Å². The predicted molar refractivity (Wildman–Crippen MR) is 53.0 cm³/mol. The molecular weight excluding hydrogens is 196 g/mol. The number of β-amino-alcohol motifs (C(OH)–C–C–N with tert-alkyl or cyclic N) is 1. The van der Waals surface area contributed by atoms with E-state index >= 15 is 0 Å². The van der Waals surface area contributed by atoms with Crippen molar-refractivity contribution in [3.8, 4) is 0 Å². The van der Waals surface area contributed by atoms with Crippen LogP contribution in [0.1, 0.15) is 19.3 Å². The highest BCUT2D eigenvalue weighted by Gasteiger charge is 2.40. The van der Waals surface area contributed by atoms with Crippen molar-refractivity contribution in [1.82, 2.24) is 9.80 Å². The maximum Gasteiger partial charge on any atom is 0.246 e. The van der Waals surface area contributed by atoms with Crippen molar-refractivity contribution in [2.45, 2.75) is 31.4 Å². The van der Waals surface area contributed by atoms with Gasteiger partial charge in [0.2, 0.25) is 11.8 Å². The molecule has 5 nitrogen and oxygen atoms in total. The molecule has 2 saturated heterocycles. The van der Waals surface area contributed by atoms with Gasteiger partial charge in [0.05, 0.1) is 18.6 Å². The third kappa shape index (κ3) is 1.89. The highest BCUT2D eigenvalue weighted by atomic mass is 16.3. The molecule has 0 radical (unpaired) electrons. The molecule has 84 valence electrons. The maximum absolute atomic E-state index is 11.7. The van der Waals surface area contributed by atoms with Gasteiger partial charge in [0.1, 0.15) is 0 Å². The Hall–Kier alpha value is -0.940. The van der Waals surface area contributed by atoms with E-state index < -0.39 is 0 Å². The molecule has 0 aromatic carbocycles. The lowest BCUT2D eigenvalue weighted by atomic mass is 10.1. The largest absolute Gasteiger partial charge is 0.392 e. The van der Waals surface area contributed by atoms with E-state index in [2.05, 4.69) is 0 Å². The van der Waals surface area contributed by atoms with E-state index in [-0.39, 0.29) is 30.4 Å². The van der Waals surface area contributed by atoms with Crippen molar-refractivity contribution in [3.63, 3.8) is 0 Å². The zero-order chi connectivity index (χ0) is 11.0. The number of piperidine rings is 1. The van der Waals surface area contributed by atoms with Crippen LogP contribution in [0, 0.1) is 0 Å². The van der Waals surface area contributed by atoms with Crippen LogP contribution in [0.3, 0.4) is 0 Å². The first-order valence-electron chi connectivity index (χ1n) is 5.32. The van der Waals surface area contributed by atoms with E-state index in [1.807, 2.05) is 4.90 Å². The minimum absolute atomic E-state index is 0.120. The van der Waals surface area contributed by atoms with Crippen LogP contribution in [0.2, 0.25) is 0 Å². The Labute approximate surface area is 88.6 Å². The SMILES string of the molecule is CN1C(=O)CC(N2CCCC(O)C2)C1=O. The fraction of sp³-hybridized carbons (Fsp3) is 0.800. The smallest absolute Gasteiger partial charge is 0.246 e. The second-order valence-corrected chi connectivity index (χ2v) is 4.30. The molecule has 0 spiro atoms. The van der Waals surface area contributed by atoms with Gasteiger partial charge in [0.25, 0.3) is 0 Å². The van der Waals surface area contributed by atoms with E-state index in [1.54, 1.807) is 0 Å². The van der Waals surface area contributed by atoms with Crippen LogP contribution >= 0.6 is 0 Å². The average Bonchev–Trinajstić information content (AvgIpc) is 2.46.